The molecule has 6 heteroatoms. The molecule has 0 radical (unpaired) electrons. The lowest BCUT2D eigenvalue weighted by atomic mass is 10.1. The molecule has 0 saturated heterocycles. The lowest BCUT2D eigenvalue weighted by molar-refractivity contribution is -0.137. The van der Waals surface area contributed by atoms with Crippen LogP contribution in [0.1, 0.15) is 18.1 Å². The van der Waals surface area contributed by atoms with E-state index < -0.39 is 11.7 Å². The number of hydrogen-bond donors (Lipinski definition) is 0. The van der Waals surface area contributed by atoms with Crippen LogP contribution >= 0.6 is 22.6 Å². The molecule has 0 aliphatic heterocycles. The predicted molar refractivity (Wildman–Crippen MR) is 108 cm³/mol. The Balaban J connectivity index is 1.98. The van der Waals surface area contributed by atoms with Crippen molar-refractivity contribution in [2.24, 2.45) is 4.99 Å². The highest BCUT2D eigenvalue weighted by Crippen LogP contribution is 2.29. The monoisotopic (exact) mass is 471 g/mol. The highest BCUT2D eigenvalue weighted by molar-refractivity contribution is 14.1. The van der Waals surface area contributed by atoms with E-state index >= 15 is 0 Å². The van der Waals surface area contributed by atoms with Crippen LogP contribution in [0.4, 0.5) is 13.2 Å². The summed E-state index contributed by atoms with van der Waals surface area (Å²) in [4.78, 5) is 4.45. The maximum absolute atomic E-state index is 12.6. The summed E-state index contributed by atoms with van der Waals surface area (Å²) in [7, 11) is 0. The van der Waals surface area contributed by atoms with Crippen molar-refractivity contribution in [3.63, 3.8) is 0 Å². The Hall–Kier alpha value is -2.09. The van der Waals surface area contributed by atoms with Gasteiger partial charge in [0, 0.05) is 0 Å². The Labute approximate surface area is 164 Å². The smallest absolute Gasteiger partial charge is 0.416 e. The molecule has 0 aromatic heterocycles. The molecule has 0 fully saturated rings. The van der Waals surface area contributed by atoms with Gasteiger partial charge in [-0.25, -0.2) is 4.99 Å². The molecule has 0 N–H and O–H groups in total. The summed E-state index contributed by atoms with van der Waals surface area (Å²) in [5.41, 5.74) is 0.771. The van der Waals surface area contributed by atoms with Gasteiger partial charge in [0.25, 0.3) is 0 Å². The third-order valence-corrected chi connectivity index (χ3v) is 3.97. The van der Waals surface area contributed by atoms with Crippen LogP contribution in [0.2, 0.25) is 0 Å². The molecule has 26 heavy (non-hydrogen) atoms. The second-order valence-electron chi connectivity index (χ2n) is 5.27. The summed E-state index contributed by atoms with van der Waals surface area (Å²) >= 11 is 2.07. The molecule has 0 heterocycles. The molecule has 2 aromatic carbocycles. The van der Waals surface area contributed by atoms with Gasteiger partial charge in [0.2, 0.25) is 0 Å². The third kappa shape index (κ3) is 6.67. The Bertz CT molecular complexity index is 794. The molecular weight excluding hydrogens is 454 g/mol. The van der Waals surface area contributed by atoms with Gasteiger partial charge in [-0.1, -0.05) is 42.5 Å². The maximum atomic E-state index is 12.6. The molecule has 0 amide bonds. The number of allylic oxidation sites excluding steroid dienone is 2. The average Bonchev–Trinajstić information content (AvgIpc) is 2.64. The van der Waals surface area contributed by atoms with Gasteiger partial charge in [-0.15, -0.1) is 0 Å². The van der Waals surface area contributed by atoms with Crippen LogP contribution < -0.4 is 4.74 Å². The van der Waals surface area contributed by atoms with Crippen molar-refractivity contribution < 1.29 is 17.9 Å². The van der Waals surface area contributed by atoms with Crippen molar-refractivity contribution in [3.8, 4) is 5.75 Å². The van der Waals surface area contributed by atoms with Gasteiger partial charge in [-0.05, 0) is 65.4 Å². The Morgan fingerprint density at radius 3 is 2.31 bits per heavy atom. The Morgan fingerprint density at radius 1 is 1.08 bits per heavy atom. The first kappa shape index (κ1) is 20.2. The molecule has 2 nitrogen and oxygen atoms in total. The summed E-state index contributed by atoms with van der Waals surface area (Å²) in [6, 6.07) is 14.4. The van der Waals surface area contributed by atoms with Gasteiger partial charge in [-0.2, -0.15) is 13.2 Å². The maximum Gasteiger partial charge on any atom is 0.416 e. The molecule has 0 saturated carbocycles. The van der Waals surface area contributed by atoms with Crippen LogP contribution in [0.3, 0.4) is 0 Å². The fraction of sp³-hybridized carbons (Fsp3) is 0.150. The first-order chi connectivity index (χ1) is 12.4. The quantitative estimate of drug-likeness (QED) is 0.347. The van der Waals surface area contributed by atoms with Gasteiger partial charge < -0.3 is 4.74 Å². The molecule has 0 spiro atoms. The molecule has 0 aliphatic carbocycles. The number of para-hydroxylation sites is 1. The van der Waals surface area contributed by atoms with Crippen LogP contribution in [0.5, 0.6) is 5.75 Å². The van der Waals surface area contributed by atoms with Crippen LogP contribution in [-0.4, -0.2) is 10.3 Å². The number of ether oxygens (including phenoxy) is 1. The van der Waals surface area contributed by atoms with Crippen LogP contribution in [-0.2, 0) is 6.18 Å². The summed E-state index contributed by atoms with van der Waals surface area (Å²) in [5, 5.41) is 0. The standard InChI is InChI=1S/C20H17F3INO/c1-2-17(14-26-18-6-4-3-5-7-18)25-19(24)13-10-15-8-11-16(12-9-15)20(21,22)23/h2-13H,14H2,1H3/b13-10+,17-2-,25-19-. The third-order valence-electron chi connectivity index (χ3n) is 3.36. The molecule has 0 unspecified atom stereocenters. The second-order valence-corrected chi connectivity index (χ2v) is 6.37. The number of hydrogen-bond acceptors (Lipinski definition) is 2. The normalized spacial score (nSPS) is 13.3. The predicted octanol–water partition coefficient (Wildman–Crippen LogP) is 6.53. The van der Waals surface area contributed by atoms with Gasteiger partial charge in [-0.3, -0.25) is 0 Å². The molecule has 0 aliphatic rings. The van der Waals surface area contributed by atoms with Crippen LogP contribution in [0.25, 0.3) is 6.08 Å². The van der Waals surface area contributed by atoms with E-state index in [4.69, 9.17) is 4.74 Å². The highest BCUT2D eigenvalue weighted by atomic mass is 127. The average molecular weight is 471 g/mol. The minimum Gasteiger partial charge on any atom is -0.487 e. The number of alkyl halides is 3. The van der Waals surface area contributed by atoms with Crippen LogP contribution in [0.15, 0.2) is 77.4 Å². The van der Waals surface area contributed by atoms with Gasteiger partial charge >= 0.3 is 6.18 Å². The molecule has 0 atom stereocenters. The van der Waals surface area contributed by atoms with E-state index in [2.05, 4.69) is 27.6 Å². The molecule has 2 rings (SSSR count). The SMILES string of the molecule is C\C=C(COc1ccccc1)/N=C(I)/C=C/c1ccc(C(F)(F)F)cc1. The van der Waals surface area contributed by atoms with Crippen molar-refractivity contribution in [2.75, 3.05) is 6.61 Å². The molecule has 2 aromatic rings. The van der Waals surface area contributed by atoms with E-state index in [1.54, 1.807) is 12.2 Å². The summed E-state index contributed by atoms with van der Waals surface area (Å²) in [5.74, 6) is 0.761. The number of benzene rings is 2. The number of rotatable bonds is 6. The topological polar surface area (TPSA) is 21.6 Å². The van der Waals surface area contributed by atoms with Gasteiger partial charge in [0.15, 0.2) is 0 Å². The minimum atomic E-state index is -4.32. The van der Waals surface area contributed by atoms with Crippen molar-refractivity contribution in [1.29, 1.82) is 0 Å². The largest absolute Gasteiger partial charge is 0.487 e. The summed E-state index contributed by atoms with van der Waals surface area (Å²) < 4.78 is 44.0. The fourth-order valence-electron chi connectivity index (χ4n) is 1.98. The summed E-state index contributed by atoms with van der Waals surface area (Å²) in [6.45, 7) is 2.21. The van der Waals surface area contributed by atoms with Crippen molar-refractivity contribution in [3.05, 3.63) is 83.6 Å². The number of halogens is 4. The van der Waals surface area contributed by atoms with E-state index in [1.807, 2.05) is 43.3 Å². The lowest BCUT2D eigenvalue weighted by Gasteiger charge is -2.06. The van der Waals surface area contributed by atoms with E-state index in [0.29, 0.717) is 15.9 Å². The molecular formula is C20H17F3INO. The second kappa shape index (κ2) is 9.56. The first-order valence-corrected chi connectivity index (χ1v) is 8.89. The van der Waals surface area contributed by atoms with E-state index in [-0.39, 0.29) is 0 Å². The number of nitrogens with zero attached hydrogens (tertiary/aromatic N) is 1. The van der Waals surface area contributed by atoms with E-state index in [9.17, 15) is 13.2 Å². The highest BCUT2D eigenvalue weighted by Gasteiger charge is 2.29. The zero-order valence-corrected chi connectivity index (χ0v) is 16.2. The minimum absolute atomic E-state index is 0.334. The molecule has 136 valence electrons. The van der Waals surface area contributed by atoms with Crippen molar-refractivity contribution in [2.45, 2.75) is 13.1 Å². The van der Waals surface area contributed by atoms with E-state index in [0.717, 1.165) is 23.6 Å². The number of aliphatic imine (C=N–C) groups is 1. The lowest BCUT2D eigenvalue weighted by Crippen LogP contribution is -2.03. The van der Waals surface area contributed by atoms with Crippen LogP contribution in [0, 0.1) is 0 Å². The fourth-order valence-corrected chi connectivity index (χ4v) is 2.47. The van der Waals surface area contributed by atoms with Gasteiger partial charge in [0.1, 0.15) is 16.1 Å². The zero-order valence-electron chi connectivity index (χ0n) is 14.0. The summed E-state index contributed by atoms with van der Waals surface area (Å²) in [6.07, 6.45) is 0.997. The Morgan fingerprint density at radius 2 is 1.73 bits per heavy atom. The van der Waals surface area contributed by atoms with E-state index in [1.165, 1.54) is 12.1 Å². The zero-order chi connectivity index (χ0) is 19.0. The Kier molecular flexibility index (Phi) is 7.44. The first-order valence-electron chi connectivity index (χ1n) is 7.81. The van der Waals surface area contributed by atoms with Crippen molar-refractivity contribution >= 4 is 32.4 Å². The molecule has 0 bridgehead atoms. The van der Waals surface area contributed by atoms with Gasteiger partial charge in [0.05, 0.1) is 11.3 Å². The van der Waals surface area contributed by atoms with Crippen molar-refractivity contribution in [1.82, 2.24) is 0 Å².